The molecule has 0 amide bonds. The predicted molar refractivity (Wildman–Crippen MR) is 76.0 cm³/mol. The van der Waals surface area contributed by atoms with E-state index in [2.05, 4.69) is 21.9 Å². The quantitative estimate of drug-likeness (QED) is 0.771. The molecule has 1 fully saturated rings. The maximum Gasteiger partial charge on any atom is 0.0834 e. The van der Waals surface area contributed by atoms with E-state index in [1.165, 1.54) is 5.56 Å². The molecule has 1 aromatic carbocycles. The largest absolute Gasteiger partial charge is 0.390 e. The van der Waals surface area contributed by atoms with Crippen LogP contribution >= 0.6 is 0 Å². The van der Waals surface area contributed by atoms with Crippen molar-refractivity contribution in [3.8, 4) is 0 Å². The fourth-order valence-electron chi connectivity index (χ4n) is 2.49. The van der Waals surface area contributed by atoms with Crippen molar-refractivity contribution in [2.75, 3.05) is 40.3 Å². The number of aliphatic hydroxyl groups excluding tert-OH is 1. The van der Waals surface area contributed by atoms with Gasteiger partial charge in [-0.05, 0) is 19.7 Å². The van der Waals surface area contributed by atoms with E-state index in [9.17, 15) is 5.11 Å². The van der Waals surface area contributed by atoms with E-state index >= 15 is 0 Å². The second kappa shape index (κ2) is 7.01. The van der Waals surface area contributed by atoms with Gasteiger partial charge in [0.15, 0.2) is 0 Å². The number of aliphatic hydroxyl groups is 1. The highest BCUT2D eigenvalue weighted by atomic mass is 16.5. The summed E-state index contributed by atoms with van der Waals surface area (Å²) >= 11 is 0. The summed E-state index contributed by atoms with van der Waals surface area (Å²) in [4.78, 5) is 4.36. The summed E-state index contributed by atoms with van der Waals surface area (Å²) < 4.78 is 5.68. The van der Waals surface area contributed by atoms with E-state index in [0.29, 0.717) is 13.2 Å². The van der Waals surface area contributed by atoms with Crippen LogP contribution in [0.4, 0.5) is 0 Å². The molecule has 1 N–H and O–H groups in total. The van der Waals surface area contributed by atoms with Gasteiger partial charge in [-0.3, -0.25) is 4.90 Å². The first-order chi connectivity index (χ1) is 9.16. The average molecular weight is 264 g/mol. The van der Waals surface area contributed by atoms with Crippen LogP contribution in [0.3, 0.4) is 0 Å². The van der Waals surface area contributed by atoms with Crippen LogP contribution in [0.2, 0.25) is 0 Å². The summed E-state index contributed by atoms with van der Waals surface area (Å²) in [6.07, 6.45) is -0.246. The molecule has 4 nitrogen and oxygen atoms in total. The number of rotatable bonds is 6. The van der Waals surface area contributed by atoms with Crippen molar-refractivity contribution in [3.05, 3.63) is 35.9 Å². The minimum absolute atomic E-state index is 0.245. The van der Waals surface area contributed by atoms with Crippen LogP contribution in [0.15, 0.2) is 30.3 Å². The van der Waals surface area contributed by atoms with E-state index in [4.69, 9.17) is 4.74 Å². The standard InChI is InChI=1S/C15H24N2O2/c1-16(2)14-10-17(11-15(14)18)8-9-19-12-13-6-4-3-5-7-13/h3-7,14-15,18H,8-12H2,1-2H3/t14-,15-/m0/s1. The topological polar surface area (TPSA) is 35.9 Å². The van der Waals surface area contributed by atoms with Crippen molar-refractivity contribution in [3.63, 3.8) is 0 Å². The zero-order chi connectivity index (χ0) is 13.7. The molecule has 0 aromatic heterocycles. The van der Waals surface area contributed by atoms with E-state index in [0.717, 1.165) is 19.6 Å². The summed E-state index contributed by atoms with van der Waals surface area (Å²) in [6, 6.07) is 10.4. The van der Waals surface area contributed by atoms with Gasteiger partial charge in [-0.2, -0.15) is 0 Å². The predicted octanol–water partition coefficient (Wildman–Crippen LogP) is 0.810. The first kappa shape index (κ1) is 14.5. The van der Waals surface area contributed by atoms with Gasteiger partial charge in [-0.25, -0.2) is 0 Å². The van der Waals surface area contributed by atoms with Gasteiger partial charge in [0.1, 0.15) is 0 Å². The van der Waals surface area contributed by atoms with E-state index in [1.807, 2.05) is 32.3 Å². The van der Waals surface area contributed by atoms with Gasteiger partial charge in [-0.1, -0.05) is 30.3 Å². The summed E-state index contributed by atoms with van der Waals surface area (Å²) in [7, 11) is 4.03. The van der Waals surface area contributed by atoms with Crippen LogP contribution in [-0.2, 0) is 11.3 Å². The van der Waals surface area contributed by atoms with Gasteiger partial charge in [0, 0.05) is 25.7 Å². The third kappa shape index (κ3) is 4.28. The molecule has 0 aliphatic carbocycles. The fourth-order valence-corrected chi connectivity index (χ4v) is 2.49. The van der Waals surface area contributed by atoms with Crippen LogP contribution in [0.5, 0.6) is 0 Å². The number of likely N-dealkylation sites (N-methyl/N-ethyl adjacent to an activating group) is 1. The highest BCUT2D eigenvalue weighted by molar-refractivity contribution is 5.13. The summed E-state index contributed by atoms with van der Waals surface area (Å²) in [5, 5.41) is 9.94. The molecule has 0 saturated carbocycles. The Labute approximate surface area is 115 Å². The zero-order valence-electron chi connectivity index (χ0n) is 11.8. The Balaban J connectivity index is 1.64. The molecule has 19 heavy (non-hydrogen) atoms. The Morgan fingerprint density at radius 2 is 2.00 bits per heavy atom. The Hall–Kier alpha value is -0.940. The van der Waals surface area contributed by atoms with Crippen LogP contribution < -0.4 is 0 Å². The molecule has 1 aromatic rings. The molecule has 1 aliphatic rings. The van der Waals surface area contributed by atoms with Gasteiger partial charge >= 0.3 is 0 Å². The number of hydrogen-bond acceptors (Lipinski definition) is 4. The Bertz CT molecular complexity index is 370. The SMILES string of the molecule is CN(C)[C@H]1CN(CCOCc2ccccc2)C[C@@H]1O. The third-order valence-corrected chi connectivity index (χ3v) is 3.66. The Kier molecular flexibility index (Phi) is 5.34. The van der Waals surface area contributed by atoms with Gasteiger partial charge < -0.3 is 14.7 Å². The summed E-state index contributed by atoms with van der Waals surface area (Å²) in [5.74, 6) is 0. The fraction of sp³-hybridized carbons (Fsp3) is 0.600. The molecule has 1 saturated heterocycles. The van der Waals surface area contributed by atoms with E-state index < -0.39 is 0 Å². The smallest absolute Gasteiger partial charge is 0.0834 e. The number of likely N-dealkylation sites (tertiary alicyclic amines) is 1. The molecule has 0 bridgehead atoms. The summed E-state index contributed by atoms with van der Waals surface area (Å²) in [5.41, 5.74) is 1.20. The maximum atomic E-state index is 9.94. The van der Waals surface area contributed by atoms with Crippen molar-refractivity contribution in [2.24, 2.45) is 0 Å². The molecule has 2 atom stereocenters. The van der Waals surface area contributed by atoms with Crippen LogP contribution in [0.25, 0.3) is 0 Å². The molecule has 0 unspecified atom stereocenters. The second-order valence-corrected chi connectivity index (χ2v) is 5.40. The van der Waals surface area contributed by atoms with Gasteiger partial charge in [0.25, 0.3) is 0 Å². The lowest BCUT2D eigenvalue weighted by molar-refractivity contribution is 0.0929. The number of β-amino-alcohol motifs (C(OH)–C–C–N with tert-alkyl or cyclic N) is 1. The highest BCUT2D eigenvalue weighted by Crippen LogP contribution is 2.13. The monoisotopic (exact) mass is 264 g/mol. The Morgan fingerprint density at radius 3 is 2.63 bits per heavy atom. The lowest BCUT2D eigenvalue weighted by atomic mass is 10.2. The lowest BCUT2D eigenvalue weighted by Gasteiger charge is -2.21. The molecular weight excluding hydrogens is 240 g/mol. The second-order valence-electron chi connectivity index (χ2n) is 5.40. The summed E-state index contributed by atoms with van der Waals surface area (Å²) in [6.45, 7) is 3.92. The average Bonchev–Trinajstić information content (AvgIpc) is 2.77. The number of ether oxygens (including phenoxy) is 1. The number of hydrogen-bond donors (Lipinski definition) is 1. The molecule has 1 heterocycles. The van der Waals surface area contributed by atoms with Crippen molar-refractivity contribution in [1.82, 2.24) is 9.80 Å². The molecule has 106 valence electrons. The first-order valence-electron chi connectivity index (χ1n) is 6.85. The van der Waals surface area contributed by atoms with Crippen molar-refractivity contribution >= 4 is 0 Å². The number of benzene rings is 1. The van der Waals surface area contributed by atoms with Crippen LogP contribution in [-0.4, -0.2) is 67.4 Å². The molecule has 4 heteroatoms. The van der Waals surface area contributed by atoms with E-state index in [-0.39, 0.29) is 12.1 Å². The van der Waals surface area contributed by atoms with Gasteiger partial charge in [0.2, 0.25) is 0 Å². The highest BCUT2D eigenvalue weighted by Gasteiger charge is 2.32. The van der Waals surface area contributed by atoms with Gasteiger partial charge in [0.05, 0.1) is 19.3 Å². The lowest BCUT2D eigenvalue weighted by Crippen LogP contribution is -2.38. The van der Waals surface area contributed by atoms with Crippen LogP contribution in [0.1, 0.15) is 5.56 Å². The van der Waals surface area contributed by atoms with Gasteiger partial charge in [-0.15, -0.1) is 0 Å². The molecule has 2 rings (SSSR count). The zero-order valence-corrected chi connectivity index (χ0v) is 11.8. The van der Waals surface area contributed by atoms with Crippen molar-refractivity contribution in [1.29, 1.82) is 0 Å². The molecular formula is C15H24N2O2. The number of nitrogens with zero attached hydrogens (tertiary/aromatic N) is 2. The van der Waals surface area contributed by atoms with Crippen LogP contribution in [0, 0.1) is 0 Å². The van der Waals surface area contributed by atoms with Crippen molar-refractivity contribution in [2.45, 2.75) is 18.8 Å². The van der Waals surface area contributed by atoms with E-state index in [1.54, 1.807) is 0 Å². The third-order valence-electron chi connectivity index (χ3n) is 3.66. The first-order valence-corrected chi connectivity index (χ1v) is 6.85. The minimum Gasteiger partial charge on any atom is -0.390 e. The molecule has 0 radical (unpaired) electrons. The normalized spacial score (nSPS) is 24.2. The Morgan fingerprint density at radius 1 is 1.26 bits per heavy atom. The minimum atomic E-state index is -0.246. The van der Waals surface area contributed by atoms with Crippen molar-refractivity contribution < 1.29 is 9.84 Å². The maximum absolute atomic E-state index is 9.94. The molecule has 0 spiro atoms. The molecule has 1 aliphatic heterocycles.